The smallest absolute Gasteiger partial charge is 0.150 e. The van der Waals surface area contributed by atoms with Crippen LogP contribution in [0.15, 0.2) is 42.5 Å². The molecule has 0 amide bonds. The highest BCUT2D eigenvalue weighted by atomic mass is 19.1. The number of hydrogen-bond donors (Lipinski definition) is 0. The minimum atomic E-state index is -0.237. The van der Waals surface area contributed by atoms with E-state index in [9.17, 15) is 9.18 Å². The maximum atomic E-state index is 13.6. The predicted octanol–water partition coefficient (Wildman–Crippen LogP) is 3.61. The van der Waals surface area contributed by atoms with E-state index in [0.717, 1.165) is 17.4 Å². The number of rotatable bonds is 2. The fourth-order valence-electron chi connectivity index (χ4n) is 1.60. The molecule has 0 aromatic heterocycles. The molecule has 0 fully saturated rings. The fourth-order valence-corrected chi connectivity index (χ4v) is 1.60. The summed E-state index contributed by atoms with van der Waals surface area (Å²) in [5, 5.41) is 0. The standard InChI is InChI=1S/C14H11FO/c1-10-2-7-13(14(15)8-10)12-5-3-11(9-16)4-6-12/h2-9H,1H3. The van der Waals surface area contributed by atoms with E-state index in [4.69, 9.17) is 0 Å². The normalized spacial score (nSPS) is 10.1. The largest absolute Gasteiger partial charge is 0.298 e. The van der Waals surface area contributed by atoms with Gasteiger partial charge in [-0.25, -0.2) is 4.39 Å². The van der Waals surface area contributed by atoms with Crippen molar-refractivity contribution in [3.05, 3.63) is 59.4 Å². The third-order valence-electron chi connectivity index (χ3n) is 2.48. The summed E-state index contributed by atoms with van der Waals surface area (Å²) in [5.41, 5.74) is 2.83. The Morgan fingerprint density at radius 2 is 1.75 bits per heavy atom. The Kier molecular flexibility index (Phi) is 2.82. The zero-order chi connectivity index (χ0) is 11.5. The summed E-state index contributed by atoms with van der Waals surface area (Å²) in [6.07, 6.45) is 0.773. The first-order chi connectivity index (χ1) is 7.70. The van der Waals surface area contributed by atoms with Crippen LogP contribution in [0.1, 0.15) is 15.9 Å². The van der Waals surface area contributed by atoms with E-state index in [1.807, 2.05) is 13.0 Å². The predicted molar refractivity (Wildman–Crippen MR) is 62.0 cm³/mol. The maximum Gasteiger partial charge on any atom is 0.150 e. The molecular formula is C14H11FO. The van der Waals surface area contributed by atoms with E-state index in [-0.39, 0.29) is 5.82 Å². The van der Waals surface area contributed by atoms with Crippen LogP contribution in [0.5, 0.6) is 0 Å². The third kappa shape index (κ3) is 2.01. The molecule has 2 rings (SSSR count). The second kappa shape index (κ2) is 4.27. The van der Waals surface area contributed by atoms with Gasteiger partial charge in [0.05, 0.1) is 0 Å². The van der Waals surface area contributed by atoms with E-state index in [1.165, 1.54) is 6.07 Å². The first kappa shape index (κ1) is 10.6. The molecule has 0 saturated carbocycles. The molecule has 0 aliphatic rings. The van der Waals surface area contributed by atoms with Crippen LogP contribution in [0.4, 0.5) is 4.39 Å². The third-order valence-corrected chi connectivity index (χ3v) is 2.48. The highest BCUT2D eigenvalue weighted by Crippen LogP contribution is 2.23. The molecular weight excluding hydrogens is 203 g/mol. The van der Waals surface area contributed by atoms with E-state index in [2.05, 4.69) is 0 Å². The molecule has 2 aromatic rings. The molecule has 0 atom stereocenters. The van der Waals surface area contributed by atoms with Crippen LogP contribution in [0.2, 0.25) is 0 Å². The zero-order valence-electron chi connectivity index (χ0n) is 8.91. The van der Waals surface area contributed by atoms with Crippen LogP contribution in [0, 0.1) is 12.7 Å². The number of carbonyl (C=O) groups is 1. The number of hydrogen-bond acceptors (Lipinski definition) is 1. The van der Waals surface area contributed by atoms with Crippen molar-refractivity contribution in [3.8, 4) is 11.1 Å². The number of benzene rings is 2. The second-order valence-corrected chi connectivity index (χ2v) is 3.72. The highest BCUT2D eigenvalue weighted by molar-refractivity contribution is 5.77. The van der Waals surface area contributed by atoms with Crippen molar-refractivity contribution in [1.29, 1.82) is 0 Å². The first-order valence-corrected chi connectivity index (χ1v) is 5.02. The van der Waals surface area contributed by atoms with Gasteiger partial charge in [0.15, 0.2) is 0 Å². The lowest BCUT2D eigenvalue weighted by molar-refractivity contribution is 0.112. The van der Waals surface area contributed by atoms with Gasteiger partial charge in [0.1, 0.15) is 12.1 Å². The lowest BCUT2D eigenvalue weighted by Gasteiger charge is -2.04. The van der Waals surface area contributed by atoms with Gasteiger partial charge < -0.3 is 0 Å². The fraction of sp³-hybridized carbons (Fsp3) is 0.0714. The van der Waals surface area contributed by atoms with Gasteiger partial charge in [0.2, 0.25) is 0 Å². The molecule has 0 aliphatic carbocycles. The Labute approximate surface area is 93.5 Å². The first-order valence-electron chi connectivity index (χ1n) is 5.02. The summed E-state index contributed by atoms with van der Waals surface area (Å²) in [6.45, 7) is 1.85. The van der Waals surface area contributed by atoms with E-state index in [0.29, 0.717) is 11.1 Å². The van der Waals surface area contributed by atoms with Gasteiger partial charge in [-0.15, -0.1) is 0 Å². The van der Waals surface area contributed by atoms with Crippen LogP contribution in [-0.2, 0) is 0 Å². The van der Waals surface area contributed by atoms with Gasteiger partial charge >= 0.3 is 0 Å². The van der Waals surface area contributed by atoms with Crippen LogP contribution in [0.25, 0.3) is 11.1 Å². The second-order valence-electron chi connectivity index (χ2n) is 3.72. The Hall–Kier alpha value is -1.96. The van der Waals surface area contributed by atoms with E-state index < -0.39 is 0 Å². The summed E-state index contributed by atoms with van der Waals surface area (Å²) < 4.78 is 13.6. The van der Waals surface area contributed by atoms with Crippen molar-refractivity contribution in [1.82, 2.24) is 0 Å². The minimum absolute atomic E-state index is 0.237. The molecule has 0 N–H and O–H groups in total. The van der Waals surface area contributed by atoms with E-state index >= 15 is 0 Å². The highest BCUT2D eigenvalue weighted by Gasteiger charge is 2.04. The molecule has 0 spiro atoms. The number of halogens is 1. The van der Waals surface area contributed by atoms with Gasteiger partial charge in [-0.1, -0.05) is 36.4 Å². The summed E-state index contributed by atoms with van der Waals surface area (Å²) in [6, 6.07) is 12.0. The van der Waals surface area contributed by atoms with Gasteiger partial charge in [0.25, 0.3) is 0 Å². The van der Waals surface area contributed by atoms with Crippen molar-refractivity contribution >= 4 is 6.29 Å². The van der Waals surface area contributed by atoms with Crippen LogP contribution >= 0.6 is 0 Å². The molecule has 0 saturated heterocycles. The molecule has 0 radical (unpaired) electrons. The van der Waals surface area contributed by atoms with Gasteiger partial charge in [-0.3, -0.25) is 4.79 Å². The summed E-state index contributed by atoms with van der Waals surface area (Å²) in [7, 11) is 0. The Morgan fingerprint density at radius 3 is 2.31 bits per heavy atom. The quantitative estimate of drug-likeness (QED) is 0.698. The van der Waals surface area contributed by atoms with Crippen LogP contribution < -0.4 is 0 Å². The van der Waals surface area contributed by atoms with Gasteiger partial charge in [0, 0.05) is 11.1 Å². The monoisotopic (exact) mass is 214 g/mol. The Balaban J connectivity index is 2.46. The number of carbonyl (C=O) groups excluding carboxylic acids is 1. The van der Waals surface area contributed by atoms with Crippen molar-refractivity contribution < 1.29 is 9.18 Å². The molecule has 0 aliphatic heterocycles. The molecule has 1 nitrogen and oxygen atoms in total. The van der Waals surface area contributed by atoms with Gasteiger partial charge in [-0.05, 0) is 24.1 Å². The van der Waals surface area contributed by atoms with Crippen molar-refractivity contribution in [3.63, 3.8) is 0 Å². The van der Waals surface area contributed by atoms with Crippen molar-refractivity contribution in [2.45, 2.75) is 6.92 Å². The molecule has 0 unspecified atom stereocenters. The van der Waals surface area contributed by atoms with Crippen LogP contribution in [-0.4, -0.2) is 6.29 Å². The Bertz CT molecular complexity index is 515. The van der Waals surface area contributed by atoms with Crippen LogP contribution in [0.3, 0.4) is 0 Å². The molecule has 0 bridgehead atoms. The molecule has 0 heterocycles. The number of aldehydes is 1. The lowest BCUT2D eigenvalue weighted by atomic mass is 10.0. The van der Waals surface area contributed by atoms with Gasteiger partial charge in [-0.2, -0.15) is 0 Å². The SMILES string of the molecule is Cc1ccc(-c2ccc(C=O)cc2)c(F)c1. The van der Waals surface area contributed by atoms with E-state index in [1.54, 1.807) is 30.3 Å². The van der Waals surface area contributed by atoms with Crippen molar-refractivity contribution in [2.24, 2.45) is 0 Å². The minimum Gasteiger partial charge on any atom is -0.298 e. The maximum absolute atomic E-state index is 13.6. The summed E-state index contributed by atoms with van der Waals surface area (Å²) >= 11 is 0. The molecule has 2 aromatic carbocycles. The molecule has 2 heteroatoms. The Morgan fingerprint density at radius 1 is 1.06 bits per heavy atom. The molecule has 16 heavy (non-hydrogen) atoms. The average Bonchev–Trinajstić information content (AvgIpc) is 2.29. The summed E-state index contributed by atoms with van der Waals surface area (Å²) in [4.78, 5) is 10.5. The average molecular weight is 214 g/mol. The topological polar surface area (TPSA) is 17.1 Å². The lowest BCUT2D eigenvalue weighted by Crippen LogP contribution is -1.86. The van der Waals surface area contributed by atoms with Crippen molar-refractivity contribution in [2.75, 3.05) is 0 Å². The summed E-state index contributed by atoms with van der Waals surface area (Å²) in [5.74, 6) is -0.237. The number of aryl methyl sites for hydroxylation is 1. The zero-order valence-corrected chi connectivity index (χ0v) is 8.91. The molecule has 80 valence electrons.